The molecule has 0 saturated heterocycles. The lowest BCUT2D eigenvalue weighted by atomic mass is 10.1. The summed E-state index contributed by atoms with van der Waals surface area (Å²) >= 11 is 1.85. The summed E-state index contributed by atoms with van der Waals surface area (Å²) in [5.74, 6) is 0. The number of fused-ring (bicyclic) bond motifs is 1. The van der Waals surface area contributed by atoms with Crippen LogP contribution >= 0.6 is 11.3 Å². The van der Waals surface area contributed by atoms with Crippen molar-refractivity contribution in [2.75, 3.05) is 5.32 Å². The van der Waals surface area contributed by atoms with Crippen LogP contribution in [0.15, 0.2) is 43.0 Å². The third kappa shape index (κ3) is 2.31. The zero-order chi connectivity index (χ0) is 13.2. The van der Waals surface area contributed by atoms with Gasteiger partial charge in [0.1, 0.15) is 6.33 Å². The highest BCUT2D eigenvalue weighted by Gasteiger charge is 2.14. The molecule has 0 saturated carbocycles. The molecule has 2 heterocycles. The summed E-state index contributed by atoms with van der Waals surface area (Å²) < 4.78 is 1.34. The molecule has 0 spiro atoms. The second-order valence-electron chi connectivity index (χ2n) is 4.58. The molecule has 0 aliphatic rings. The molecule has 0 bridgehead atoms. The Kier molecular flexibility index (Phi) is 3.17. The van der Waals surface area contributed by atoms with Crippen molar-refractivity contribution in [2.24, 2.45) is 0 Å². The molecule has 1 aromatic carbocycles. The number of nitrogens with zero attached hydrogens (tertiary/aromatic N) is 2. The van der Waals surface area contributed by atoms with Crippen molar-refractivity contribution >= 4 is 27.1 Å². The van der Waals surface area contributed by atoms with Crippen molar-refractivity contribution in [1.29, 1.82) is 0 Å². The number of benzene rings is 1. The van der Waals surface area contributed by atoms with E-state index in [0.29, 0.717) is 0 Å². The Morgan fingerprint density at radius 3 is 2.63 bits per heavy atom. The van der Waals surface area contributed by atoms with Gasteiger partial charge < -0.3 is 5.32 Å². The van der Waals surface area contributed by atoms with Gasteiger partial charge in [-0.15, -0.1) is 11.3 Å². The van der Waals surface area contributed by atoms with Crippen LogP contribution in [0.4, 0.5) is 5.69 Å². The van der Waals surface area contributed by atoms with Crippen LogP contribution in [0.5, 0.6) is 0 Å². The SMILES string of the molecule is Cc1c(C(C)Nc2cncnc2)sc2ccccc12. The quantitative estimate of drug-likeness (QED) is 0.775. The third-order valence-corrected chi connectivity index (χ3v) is 4.67. The highest BCUT2D eigenvalue weighted by molar-refractivity contribution is 7.19. The van der Waals surface area contributed by atoms with E-state index in [-0.39, 0.29) is 6.04 Å². The standard InChI is InChI=1S/C15H15N3S/c1-10-13-5-3-4-6-14(13)19-15(10)11(2)18-12-7-16-9-17-8-12/h3-9,11,18H,1-2H3. The number of hydrogen-bond acceptors (Lipinski definition) is 4. The van der Waals surface area contributed by atoms with E-state index in [9.17, 15) is 0 Å². The number of rotatable bonds is 3. The first-order chi connectivity index (χ1) is 9.25. The molecule has 0 amide bonds. The molecule has 0 aliphatic carbocycles. The molecule has 2 aromatic heterocycles. The maximum absolute atomic E-state index is 4.03. The zero-order valence-corrected chi connectivity index (χ0v) is 11.7. The lowest BCUT2D eigenvalue weighted by molar-refractivity contribution is 0.895. The summed E-state index contributed by atoms with van der Waals surface area (Å²) in [4.78, 5) is 9.42. The Bertz CT molecular complexity index is 691. The highest BCUT2D eigenvalue weighted by Crippen LogP contribution is 2.35. The van der Waals surface area contributed by atoms with Crippen LogP contribution in [-0.2, 0) is 0 Å². The summed E-state index contributed by atoms with van der Waals surface area (Å²) in [6.07, 6.45) is 5.14. The van der Waals surface area contributed by atoms with E-state index in [4.69, 9.17) is 0 Å². The van der Waals surface area contributed by atoms with Crippen LogP contribution in [0.3, 0.4) is 0 Å². The first-order valence-electron chi connectivity index (χ1n) is 6.25. The van der Waals surface area contributed by atoms with Gasteiger partial charge in [0, 0.05) is 9.58 Å². The molecular weight excluding hydrogens is 254 g/mol. The highest BCUT2D eigenvalue weighted by atomic mass is 32.1. The van der Waals surface area contributed by atoms with Crippen LogP contribution < -0.4 is 5.32 Å². The molecule has 1 unspecified atom stereocenters. The molecule has 0 radical (unpaired) electrons. The van der Waals surface area contributed by atoms with E-state index >= 15 is 0 Å². The molecule has 3 rings (SSSR count). The molecule has 96 valence electrons. The van der Waals surface area contributed by atoms with E-state index in [1.165, 1.54) is 20.5 Å². The van der Waals surface area contributed by atoms with E-state index in [0.717, 1.165) is 5.69 Å². The summed E-state index contributed by atoms with van der Waals surface area (Å²) in [5.41, 5.74) is 2.31. The van der Waals surface area contributed by atoms with Crippen LogP contribution in [-0.4, -0.2) is 9.97 Å². The van der Waals surface area contributed by atoms with Crippen molar-refractivity contribution in [3.63, 3.8) is 0 Å². The summed E-state index contributed by atoms with van der Waals surface area (Å²) in [6.45, 7) is 4.36. The number of thiophene rings is 1. The monoisotopic (exact) mass is 269 g/mol. The number of aryl methyl sites for hydroxylation is 1. The molecule has 1 atom stereocenters. The van der Waals surface area contributed by atoms with E-state index in [1.54, 1.807) is 18.7 Å². The number of nitrogens with one attached hydrogen (secondary N) is 1. The van der Waals surface area contributed by atoms with Gasteiger partial charge in [-0.2, -0.15) is 0 Å². The fourth-order valence-electron chi connectivity index (χ4n) is 2.30. The second kappa shape index (κ2) is 4.97. The van der Waals surface area contributed by atoms with Crippen molar-refractivity contribution in [3.8, 4) is 0 Å². The van der Waals surface area contributed by atoms with Crippen LogP contribution in [0.2, 0.25) is 0 Å². The van der Waals surface area contributed by atoms with Gasteiger partial charge in [-0.25, -0.2) is 9.97 Å². The Labute approximate surface area is 116 Å². The normalized spacial score (nSPS) is 12.5. The summed E-state index contributed by atoms with van der Waals surface area (Å²) in [6, 6.07) is 8.79. The predicted octanol–water partition coefficient (Wildman–Crippen LogP) is 4.17. The van der Waals surface area contributed by atoms with Crippen molar-refractivity contribution in [3.05, 3.63) is 53.4 Å². The first-order valence-corrected chi connectivity index (χ1v) is 7.07. The van der Waals surface area contributed by atoms with Gasteiger partial charge in [0.15, 0.2) is 0 Å². The van der Waals surface area contributed by atoms with E-state index in [2.05, 4.69) is 53.4 Å². The Morgan fingerprint density at radius 2 is 1.89 bits per heavy atom. The Balaban J connectivity index is 1.93. The number of hydrogen-bond donors (Lipinski definition) is 1. The lowest BCUT2D eigenvalue weighted by Crippen LogP contribution is -2.06. The van der Waals surface area contributed by atoms with Crippen molar-refractivity contribution < 1.29 is 0 Å². The Morgan fingerprint density at radius 1 is 1.16 bits per heavy atom. The van der Waals surface area contributed by atoms with Crippen molar-refractivity contribution in [2.45, 2.75) is 19.9 Å². The second-order valence-corrected chi connectivity index (χ2v) is 5.66. The molecule has 4 heteroatoms. The maximum Gasteiger partial charge on any atom is 0.115 e. The van der Waals surface area contributed by atoms with Gasteiger partial charge in [-0.05, 0) is 30.9 Å². The molecule has 0 fully saturated rings. The van der Waals surface area contributed by atoms with Crippen LogP contribution in [0.1, 0.15) is 23.4 Å². The maximum atomic E-state index is 4.03. The molecule has 3 aromatic rings. The number of aromatic nitrogens is 2. The largest absolute Gasteiger partial charge is 0.375 e. The Hall–Kier alpha value is -1.94. The first kappa shape index (κ1) is 12.1. The topological polar surface area (TPSA) is 37.8 Å². The fraction of sp³-hybridized carbons (Fsp3) is 0.200. The predicted molar refractivity (Wildman–Crippen MR) is 80.6 cm³/mol. The van der Waals surface area contributed by atoms with Gasteiger partial charge in [0.25, 0.3) is 0 Å². The van der Waals surface area contributed by atoms with Crippen LogP contribution in [0.25, 0.3) is 10.1 Å². The summed E-state index contributed by atoms with van der Waals surface area (Å²) in [7, 11) is 0. The van der Waals surface area contributed by atoms with Gasteiger partial charge in [-0.1, -0.05) is 18.2 Å². The van der Waals surface area contributed by atoms with Gasteiger partial charge in [0.2, 0.25) is 0 Å². The minimum Gasteiger partial charge on any atom is -0.375 e. The average Bonchev–Trinajstić information content (AvgIpc) is 2.78. The third-order valence-electron chi connectivity index (χ3n) is 3.22. The minimum atomic E-state index is 0.253. The minimum absolute atomic E-state index is 0.253. The average molecular weight is 269 g/mol. The molecule has 0 aliphatic heterocycles. The van der Waals surface area contributed by atoms with Crippen molar-refractivity contribution in [1.82, 2.24) is 9.97 Å². The summed E-state index contributed by atoms with van der Waals surface area (Å²) in [5, 5.41) is 4.79. The molecular formula is C15H15N3S. The van der Waals surface area contributed by atoms with Crippen LogP contribution in [0, 0.1) is 6.92 Å². The van der Waals surface area contributed by atoms with Gasteiger partial charge in [0.05, 0.1) is 24.1 Å². The molecule has 3 nitrogen and oxygen atoms in total. The number of anilines is 1. The molecule has 19 heavy (non-hydrogen) atoms. The zero-order valence-electron chi connectivity index (χ0n) is 10.9. The smallest absolute Gasteiger partial charge is 0.115 e. The van der Waals surface area contributed by atoms with E-state index < -0.39 is 0 Å². The van der Waals surface area contributed by atoms with E-state index in [1.807, 2.05) is 11.3 Å². The van der Waals surface area contributed by atoms with Gasteiger partial charge in [-0.3, -0.25) is 0 Å². The molecule has 1 N–H and O–H groups in total. The van der Waals surface area contributed by atoms with Gasteiger partial charge >= 0.3 is 0 Å². The fourth-order valence-corrected chi connectivity index (χ4v) is 3.51. The lowest BCUT2D eigenvalue weighted by Gasteiger charge is -2.14.